The molecular weight excluding hydrogens is 404 g/mol. The van der Waals surface area contributed by atoms with Crippen LogP contribution in [0.1, 0.15) is 29.6 Å². The van der Waals surface area contributed by atoms with Crippen LogP contribution in [0.25, 0.3) is 0 Å². The average Bonchev–Trinajstić information content (AvgIpc) is 3.29. The van der Waals surface area contributed by atoms with Crippen LogP contribution in [-0.2, 0) is 14.8 Å². The molecule has 2 aromatic carbocycles. The summed E-state index contributed by atoms with van der Waals surface area (Å²) in [6.45, 7) is 1.89. The number of hydrogen-bond donors (Lipinski definition) is 1. The Hall–Kier alpha value is -2.42. The van der Waals surface area contributed by atoms with Crippen molar-refractivity contribution in [3.63, 3.8) is 0 Å². The first kappa shape index (κ1) is 22.3. The summed E-state index contributed by atoms with van der Waals surface area (Å²) >= 11 is 0. The second-order valence-electron chi connectivity index (χ2n) is 7.26. The van der Waals surface area contributed by atoms with Crippen molar-refractivity contribution in [2.24, 2.45) is 0 Å². The first-order valence-electron chi connectivity index (χ1n) is 10.1. The molecule has 1 N–H and O–H groups in total. The van der Waals surface area contributed by atoms with Gasteiger partial charge in [0.15, 0.2) is 0 Å². The van der Waals surface area contributed by atoms with Gasteiger partial charge in [-0.2, -0.15) is 0 Å². The minimum Gasteiger partial charge on any atom is -0.494 e. The number of hydrogen-bond acceptors (Lipinski definition) is 5. The van der Waals surface area contributed by atoms with Gasteiger partial charge in [0.25, 0.3) is 5.91 Å². The van der Waals surface area contributed by atoms with Crippen LogP contribution >= 0.6 is 0 Å². The van der Waals surface area contributed by atoms with Crippen LogP contribution < -0.4 is 9.46 Å². The highest BCUT2D eigenvalue weighted by atomic mass is 32.2. The highest BCUT2D eigenvalue weighted by Gasteiger charge is 2.21. The van der Waals surface area contributed by atoms with Crippen molar-refractivity contribution in [1.82, 2.24) is 9.62 Å². The Labute approximate surface area is 178 Å². The number of ether oxygens (including phenoxy) is 2. The molecule has 1 atom stereocenters. The van der Waals surface area contributed by atoms with E-state index >= 15 is 0 Å². The van der Waals surface area contributed by atoms with Crippen LogP contribution in [-0.4, -0.2) is 58.7 Å². The third-order valence-corrected chi connectivity index (χ3v) is 6.33. The van der Waals surface area contributed by atoms with Gasteiger partial charge in [0.2, 0.25) is 10.0 Å². The van der Waals surface area contributed by atoms with Crippen LogP contribution in [0, 0.1) is 0 Å². The van der Waals surface area contributed by atoms with Gasteiger partial charge >= 0.3 is 0 Å². The second kappa shape index (κ2) is 10.6. The molecule has 1 amide bonds. The molecule has 7 nitrogen and oxygen atoms in total. The summed E-state index contributed by atoms with van der Waals surface area (Å²) in [4.78, 5) is 14.4. The monoisotopic (exact) mass is 432 g/mol. The standard InChI is InChI=1S/C22H28N2O5S/c1-24(13-7-15-28-19-9-3-2-4-10-19)22(25)18-8-5-12-21(16-18)30(26,27)23-17-20-11-6-14-29-20/h2-5,8-10,12,16,20,23H,6-7,11,13-15,17H2,1H3. The molecule has 0 radical (unpaired) electrons. The summed E-state index contributed by atoms with van der Waals surface area (Å²) in [5.74, 6) is 0.561. The fourth-order valence-electron chi connectivity index (χ4n) is 3.22. The topological polar surface area (TPSA) is 84.9 Å². The van der Waals surface area contributed by atoms with Gasteiger partial charge in [0.05, 0.1) is 17.6 Å². The Kier molecular flexibility index (Phi) is 7.84. The maximum absolute atomic E-state index is 12.7. The van der Waals surface area contributed by atoms with Gasteiger partial charge in [-0.3, -0.25) is 4.79 Å². The fraction of sp³-hybridized carbons (Fsp3) is 0.409. The van der Waals surface area contributed by atoms with Gasteiger partial charge in [-0.15, -0.1) is 0 Å². The Morgan fingerprint density at radius 1 is 1.20 bits per heavy atom. The lowest BCUT2D eigenvalue weighted by atomic mass is 10.2. The summed E-state index contributed by atoms with van der Waals surface area (Å²) in [7, 11) is -2.01. The minimum absolute atomic E-state index is 0.0761. The molecule has 1 saturated heterocycles. The molecule has 8 heteroatoms. The Morgan fingerprint density at radius 3 is 2.73 bits per heavy atom. The van der Waals surface area contributed by atoms with Crippen LogP contribution in [0.3, 0.4) is 0 Å². The lowest BCUT2D eigenvalue weighted by molar-refractivity contribution is 0.0787. The van der Waals surface area contributed by atoms with Crippen LogP contribution in [0.15, 0.2) is 59.5 Å². The summed E-state index contributed by atoms with van der Waals surface area (Å²) in [6.07, 6.45) is 2.37. The average molecular weight is 433 g/mol. The third kappa shape index (κ3) is 6.29. The second-order valence-corrected chi connectivity index (χ2v) is 9.02. The summed E-state index contributed by atoms with van der Waals surface area (Å²) < 4.78 is 38.8. The number of rotatable bonds is 10. The summed E-state index contributed by atoms with van der Waals surface area (Å²) in [5, 5.41) is 0. The van der Waals surface area contributed by atoms with Crippen molar-refractivity contribution in [3.05, 3.63) is 60.2 Å². The minimum atomic E-state index is -3.70. The molecule has 1 aliphatic rings. The molecule has 1 unspecified atom stereocenters. The largest absolute Gasteiger partial charge is 0.494 e. The number of benzene rings is 2. The van der Waals surface area contributed by atoms with E-state index in [0.717, 1.165) is 18.6 Å². The van der Waals surface area contributed by atoms with Crippen LogP contribution in [0.5, 0.6) is 5.75 Å². The van der Waals surface area contributed by atoms with Crippen molar-refractivity contribution >= 4 is 15.9 Å². The number of sulfonamides is 1. The van der Waals surface area contributed by atoms with E-state index in [2.05, 4.69) is 4.72 Å². The van der Waals surface area contributed by atoms with E-state index in [1.807, 2.05) is 30.3 Å². The number of nitrogens with zero attached hydrogens (tertiary/aromatic N) is 1. The highest BCUT2D eigenvalue weighted by Crippen LogP contribution is 2.16. The molecule has 30 heavy (non-hydrogen) atoms. The molecule has 3 rings (SSSR count). The highest BCUT2D eigenvalue weighted by molar-refractivity contribution is 7.89. The van der Waals surface area contributed by atoms with E-state index in [9.17, 15) is 13.2 Å². The molecule has 1 heterocycles. The first-order chi connectivity index (χ1) is 14.5. The molecule has 0 bridgehead atoms. The van der Waals surface area contributed by atoms with Gasteiger partial charge in [0.1, 0.15) is 5.75 Å². The molecule has 2 aromatic rings. The normalized spacial score (nSPS) is 16.4. The Balaban J connectivity index is 1.52. The van der Waals surface area contributed by atoms with Crippen LogP contribution in [0.4, 0.5) is 0 Å². The van der Waals surface area contributed by atoms with Gasteiger partial charge in [-0.1, -0.05) is 24.3 Å². The summed E-state index contributed by atoms with van der Waals surface area (Å²) in [6, 6.07) is 15.6. The summed E-state index contributed by atoms with van der Waals surface area (Å²) in [5.41, 5.74) is 0.335. The predicted octanol–water partition coefficient (Wildman–Crippen LogP) is 2.69. The predicted molar refractivity (Wildman–Crippen MR) is 114 cm³/mol. The number of amides is 1. The zero-order chi connectivity index (χ0) is 21.4. The SMILES string of the molecule is CN(CCCOc1ccccc1)C(=O)c1cccc(S(=O)(=O)NCC2CCCO2)c1. The maximum atomic E-state index is 12.7. The Morgan fingerprint density at radius 2 is 2.00 bits per heavy atom. The van der Waals surface area contributed by atoms with Crippen molar-refractivity contribution < 1.29 is 22.7 Å². The first-order valence-corrected chi connectivity index (χ1v) is 11.6. The van der Waals surface area contributed by atoms with Gasteiger partial charge in [-0.05, 0) is 49.6 Å². The van der Waals surface area contributed by atoms with E-state index in [4.69, 9.17) is 9.47 Å². The van der Waals surface area contributed by atoms with Crippen LogP contribution in [0.2, 0.25) is 0 Å². The molecule has 1 fully saturated rings. The van der Waals surface area contributed by atoms with Crippen molar-refractivity contribution in [2.75, 3.05) is 33.4 Å². The van der Waals surface area contributed by atoms with Gasteiger partial charge < -0.3 is 14.4 Å². The molecule has 0 aliphatic carbocycles. The smallest absolute Gasteiger partial charge is 0.253 e. The molecule has 0 aromatic heterocycles. The third-order valence-electron chi connectivity index (χ3n) is 4.91. The lowest BCUT2D eigenvalue weighted by Gasteiger charge is -2.18. The van der Waals surface area contributed by atoms with Gasteiger partial charge in [0, 0.05) is 32.3 Å². The molecule has 0 spiro atoms. The molecule has 0 saturated carbocycles. The van der Waals surface area contributed by atoms with Gasteiger partial charge in [-0.25, -0.2) is 13.1 Å². The van der Waals surface area contributed by atoms with E-state index in [-0.39, 0.29) is 23.5 Å². The van der Waals surface area contributed by atoms with E-state index < -0.39 is 10.0 Å². The fourth-order valence-corrected chi connectivity index (χ4v) is 4.33. The lowest BCUT2D eigenvalue weighted by Crippen LogP contribution is -2.32. The molecule has 1 aliphatic heterocycles. The number of carbonyl (C=O) groups excluding carboxylic acids is 1. The maximum Gasteiger partial charge on any atom is 0.253 e. The van der Waals surface area contributed by atoms with E-state index in [1.165, 1.54) is 12.1 Å². The van der Waals surface area contributed by atoms with E-state index in [0.29, 0.717) is 31.7 Å². The molecular formula is C22H28N2O5S. The number of para-hydroxylation sites is 1. The quantitative estimate of drug-likeness (QED) is 0.584. The zero-order valence-electron chi connectivity index (χ0n) is 17.1. The zero-order valence-corrected chi connectivity index (χ0v) is 17.9. The van der Waals surface area contributed by atoms with Crippen molar-refractivity contribution in [1.29, 1.82) is 0 Å². The van der Waals surface area contributed by atoms with E-state index in [1.54, 1.807) is 24.1 Å². The number of carbonyl (C=O) groups is 1. The van der Waals surface area contributed by atoms with Crippen molar-refractivity contribution in [3.8, 4) is 5.75 Å². The van der Waals surface area contributed by atoms with Crippen molar-refractivity contribution in [2.45, 2.75) is 30.3 Å². The number of nitrogens with one attached hydrogen (secondary N) is 1. The molecule has 162 valence electrons. The Bertz CT molecular complexity index is 928.